The number of rotatable bonds is 5. The molecule has 2 heterocycles. The topological polar surface area (TPSA) is 68.8 Å². The van der Waals surface area contributed by atoms with E-state index < -0.39 is 0 Å². The van der Waals surface area contributed by atoms with Gasteiger partial charge in [-0.1, -0.05) is 30.3 Å². The molecule has 0 saturated carbocycles. The lowest BCUT2D eigenvalue weighted by atomic mass is 10.0. The summed E-state index contributed by atoms with van der Waals surface area (Å²) in [5, 5.41) is 8.11. The fourth-order valence-corrected chi connectivity index (χ4v) is 2.63. The Balaban J connectivity index is 2.10. The van der Waals surface area contributed by atoms with E-state index in [1.54, 1.807) is 0 Å². The van der Waals surface area contributed by atoms with E-state index in [4.69, 9.17) is 10.8 Å². The Kier molecular flexibility index (Phi) is 4.86. The van der Waals surface area contributed by atoms with Gasteiger partial charge in [0.25, 0.3) is 0 Å². The molecule has 0 bridgehead atoms. The van der Waals surface area contributed by atoms with Gasteiger partial charge in [0.05, 0.1) is 5.54 Å². The van der Waals surface area contributed by atoms with Crippen molar-refractivity contribution in [3.63, 3.8) is 0 Å². The molecular formula is C20H25N5. The molecule has 5 heteroatoms. The molecular weight excluding hydrogens is 310 g/mol. The minimum atomic E-state index is -0.0879. The molecule has 3 rings (SSSR count). The molecule has 0 spiro atoms. The van der Waals surface area contributed by atoms with E-state index in [0.29, 0.717) is 13.1 Å². The van der Waals surface area contributed by atoms with Crippen LogP contribution in [0.5, 0.6) is 0 Å². The lowest BCUT2D eigenvalue weighted by Gasteiger charge is -2.18. The quantitative estimate of drug-likeness (QED) is 0.745. The first-order chi connectivity index (χ1) is 12.0. The number of anilines is 1. The third-order valence-corrected chi connectivity index (χ3v) is 3.97. The van der Waals surface area contributed by atoms with Gasteiger partial charge in [-0.15, -0.1) is 0 Å². The maximum absolute atomic E-state index is 5.57. The van der Waals surface area contributed by atoms with Crippen LogP contribution >= 0.6 is 0 Å². The zero-order valence-electron chi connectivity index (χ0n) is 15.0. The zero-order chi connectivity index (χ0) is 17.9. The van der Waals surface area contributed by atoms with Gasteiger partial charge in [0.15, 0.2) is 0 Å². The Morgan fingerprint density at radius 3 is 2.52 bits per heavy atom. The van der Waals surface area contributed by atoms with Gasteiger partial charge >= 0.3 is 0 Å². The maximum atomic E-state index is 5.57. The van der Waals surface area contributed by atoms with Crippen LogP contribution in [0.4, 0.5) is 5.82 Å². The second-order valence-electron chi connectivity index (χ2n) is 7.02. The molecule has 0 amide bonds. The molecule has 0 fully saturated rings. The summed E-state index contributed by atoms with van der Waals surface area (Å²) >= 11 is 0. The van der Waals surface area contributed by atoms with Crippen LogP contribution in [0.1, 0.15) is 20.8 Å². The van der Waals surface area contributed by atoms with Crippen LogP contribution in [0.15, 0.2) is 54.9 Å². The number of nitrogens with one attached hydrogen (secondary N) is 1. The summed E-state index contributed by atoms with van der Waals surface area (Å²) in [6.45, 7) is 7.73. The van der Waals surface area contributed by atoms with E-state index in [9.17, 15) is 0 Å². The summed E-state index contributed by atoms with van der Waals surface area (Å²) in [6, 6.07) is 14.3. The van der Waals surface area contributed by atoms with Crippen LogP contribution in [0.2, 0.25) is 0 Å². The van der Waals surface area contributed by atoms with Crippen molar-refractivity contribution >= 4 is 5.82 Å². The standard InChI is InChI=1S/C20H25N5/c1-20(2,3)25-14-17(19(24-25)15-7-5-4-6-8-15)16-9-11-22-18(13-16)23-12-10-21/h4-9,11,13-14H,10,12,21H2,1-3H3,(H,22,23). The number of nitrogens with two attached hydrogens (primary N) is 1. The minimum absolute atomic E-state index is 0.0879. The van der Waals surface area contributed by atoms with Gasteiger partial charge in [-0.3, -0.25) is 4.68 Å². The van der Waals surface area contributed by atoms with E-state index in [1.165, 1.54) is 0 Å². The van der Waals surface area contributed by atoms with Gasteiger partial charge in [-0.25, -0.2) is 4.98 Å². The maximum Gasteiger partial charge on any atom is 0.126 e. The highest BCUT2D eigenvalue weighted by Gasteiger charge is 2.20. The number of nitrogens with zero attached hydrogens (tertiary/aromatic N) is 3. The van der Waals surface area contributed by atoms with Crippen molar-refractivity contribution < 1.29 is 0 Å². The van der Waals surface area contributed by atoms with Crippen LogP contribution < -0.4 is 11.1 Å². The highest BCUT2D eigenvalue weighted by molar-refractivity contribution is 5.81. The largest absolute Gasteiger partial charge is 0.369 e. The molecule has 0 unspecified atom stereocenters. The highest BCUT2D eigenvalue weighted by Crippen LogP contribution is 2.33. The molecule has 2 aromatic heterocycles. The van der Waals surface area contributed by atoms with Crippen molar-refractivity contribution in [2.24, 2.45) is 5.73 Å². The third-order valence-electron chi connectivity index (χ3n) is 3.97. The Bertz CT molecular complexity index is 831. The van der Waals surface area contributed by atoms with Gasteiger partial charge in [0, 0.05) is 36.6 Å². The predicted octanol–water partition coefficient (Wildman–Crippen LogP) is 3.74. The molecule has 0 radical (unpaired) electrons. The van der Waals surface area contributed by atoms with E-state index in [0.717, 1.165) is 28.2 Å². The van der Waals surface area contributed by atoms with Crippen LogP contribution in [-0.2, 0) is 5.54 Å². The smallest absolute Gasteiger partial charge is 0.126 e. The average Bonchev–Trinajstić information content (AvgIpc) is 3.07. The Morgan fingerprint density at radius 2 is 1.84 bits per heavy atom. The van der Waals surface area contributed by atoms with Crippen molar-refractivity contribution in [3.8, 4) is 22.4 Å². The van der Waals surface area contributed by atoms with E-state index >= 15 is 0 Å². The molecule has 130 valence electrons. The summed E-state index contributed by atoms with van der Waals surface area (Å²) in [5.74, 6) is 0.825. The molecule has 25 heavy (non-hydrogen) atoms. The number of benzene rings is 1. The van der Waals surface area contributed by atoms with Crippen molar-refractivity contribution in [3.05, 3.63) is 54.9 Å². The minimum Gasteiger partial charge on any atom is -0.369 e. The summed E-state index contributed by atoms with van der Waals surface area (Å²) in [7, 11) is 0. The number of hydrogen-bond donors (Lipinski definition) is 2. The average molecular weight is 335 g/mol. The third kappa shape index (κ3) is 3.88. The van der Waals surface area contributed by atoms with Crippen LogP contribution in [-0.4, -0.2) is 27.9 Å². The van der Waals surface area contributed by atoms with Crippen LogP contribution in [0.25, 0.3) is 22.4 Å². The fraction of sp³-hybridized carbons (Fsp3) is 0.300. The summed E-state index contributed by atoms with van der Waals surface area (Å²) < 4.78 is 2.03. The molecule has 0 aliphatic carbocycles. The van der Waals surface area contributed by atoms with E-state index in [-0.39, 0.29) is 5.54 Å². The van der Waals surface area contributed by atoms with Crippen molar-refractivity contribution in [2.45, 2.75) is 26.3 Å². The lowest BCUT2D eigenvalue weighted by molar-refractivity contribution is 0.356. The highest BCUT2D eigenvalue weighted by atomic mass is 15.3. The predicted molar refractivity (Wildman–Crippen MR) is 103 cm³/mol. The molecule has 0 atom stereocenters. The molecule has 3 N–H and O–H groups in total. The van der Waals surface area contributed by atoms with Crippen molar-refractivity contribution in [1.82, 2.24) is 14.8 Å². The first-order valence-corrected chi connectivity index (χ1v) is 8.55. The SMILES string of the molecule is CC(C)(C)n1cc(-c2ccnc(NCCN)c2)c(-c2ccccc2)n1. The normalized spacial score (nSPS) is 11.5. The lowest BCUT2D eigenvalue weighted by Crippen LogP contribution is -2.22. The van der Waals surface area contributed by atoms with Crippen molar-refractivity contribution in [1.29, 1.82) is 0 Å². The monoisotopic (exact) mass is 335 g/mol. The van der Waals surface area contributed by atoms with Crippen LogP contribution in [0, 0.1) is 0 Å². The van der Waals surface area contributed by atoms with Gasteiger partial charge < -0.3 is 11.1 Å². The molecule has 5 nitrogen and oxygen atoms in total. The second kappa shape index (κ2) is 7.07. The molecule has 0 aliphatic rings. The fourth-order valence-electron chi connectivity index (χ4n) is 2.63. The van der Waals surface area contributed by atoms with E-state index in [1.807, 2.05) is 41.2 Å². The molecule has 0 aliphatic heterocycles. The van der Waals surface area contributed by atoms with Crippen LogP contribution in [0.3, 0.4) is 0 Å². The number of aromatic nitrogens is 3. The summed E-state index contributed by atoms with van der Waals surface area (Å²) in [5.41, 5.74) is 9.75. The first-order valence-electron chi connectivity index (χ1n) is 8.55. The molecule has 1 aromatic carbocycles. The van der Waals surface area contributed by atoms with Crippen molar-refractivity contribution in [2.75, 3.05) is 18.4 Å². The Labute approximate surface area is 148 Å². The summed E-state index contributed by atoms with van der Waals surface area (Å²) in [6.07, 6.45) is 3.93. The van der Waals surface area contributed by atoms with Gasteiger partial charge in [-0.2, -0.15) is 5.10 Å². The molecule has 0 saturated heterocycles. The van der Waals surface area contributed by atoms with E-state index in [2.05, 4.69) is 49.4 Å². The van der Waals surface area contributed by atoms with Gasteiger partial charge in [0.1, 0.15) is 11.5 Å². The van der Waals surface area contributed by atoms with Gasteiger partial charge in [0.2, 0.25) is 0 Å². The first kappa shape index (κ1) is 17.2. The number of pyridine rings is 1. The summed E-state index contributed by atoms with van der Waals surface area (Å²) in [4.78, 5) is 4.37. The number of hydrogen-bond acceptors (Lipinski definition) is 4. The van der Waals surface area contributed by atoms with Gasteiger partial charge in [-0.05, 0) is 38.5 Å². The Morgan fingerprint density at radius 1 is 1.08 bits per heavy atom. The molecule has 3 aromatic rings. The zero-order valence-corrected chi connectivity index (χ0v) is 15.0. The second-order valence-corrected chi connectivity index (χ2v) is 7.02. The Hall–Kier alpha value is -2.66.